The zero-order chi connectivity index (χ0) is 13.0. The van der Waals surface area contributed by atoms with Gasteiger partial charge in [0.1, 0.15) is 0 Å². The lowest BCUT2D eigenvalue weighted by Crippen LogP contribution is -2.32. The number of carbonyl (C=O) groups excluding carboxylic acids is 1. The van der Waals surface area contributed by atoms with Gasteiger partial charge in [0.05, 0.1) is 0 Å². The highest BCUT2D eigenvalue weighted by Gasteiger charge is 2.15. The molecule has 98 valence electrons. The van der Waals surface area contributed by atoms with E-state index in [4.69, 9.17) is 4.74 Å². The Bertz CT molecular complexity index is 428. The number of halogens is 1. The van der Waals surface area contributed by atoms with Gasteiger partial charge in [0.25, 0.3) is 5.91 Å². The van der Waals surface area contributed by atoms with E-state index >= 15 is 0 Å². The molecule has 2 rings (SSSR count). The molecule has 0 aromatic heterocycles. The van der Waals surface area contributed by atoms with Crippen LogP contribution in [0.25, 0.3) is 0 Å². The maximum atomic E-state index is 12.0. The molecule has 1 heterocycles. The summed E-state index contributed by atoms with van der Waals surface area (Å²) in [4.78, 5) is 12.0. The lowest BCUT2D eigenvalue weighted by Gasteiger charge is -2.22. The second kappa shape index (κ2) is 6.34. The molecule has 18 heavy (non-hydrogen) atoms. The molecule has 1 aliphatic rings. The van der Waals surface area contributed by atoms with Crippen LogP contribution in [0.2, 0.25) is 0 Å². The molecule has 1 N–H and O–H groups in total. The van der Waals surface area contributed by atoms with Crippen LogP contribution in [-0.2, 0) is 4.74 Å². The average Bonchev–Trinajstić information content (AvgIpc) is 2.40. The number of ether oxygens (including phenoxy) is 1. The summed E-state index contributed by atoms with van der Waals surface area (Å²) in [6, 6.07) is 5.67. The van der Waals surface area contributed by atoms with Crippen LogP contribution in [0.3, 0.4) is 0 Å². The summed E-state index contributed by atoms with van der Waals surface area (Å²) in [5.41, 5.74) is 1.80. The number of benzene rings is 1. The van der Waals surface area contributed by atoms with Gasteiger partial charge in [-0.1, -0.05) is 15.9 Å². The van der Waals surface area contributed by atoms with Gasteiger partial charge in [-0.05, 0) is 49.4 Å². The second-order valence-corrected chi connectivity index (χ2v) is 5.58. The molecule has 3 nitrogen and oxygen atoms in total. The van der Waals surface area contributed by atoms with Gasteiger partial charge in [-0.2, -0.15) is 0 Å². The van der Waals surface area contributed by atoms with Gasteiger partial charge in [0.2, 0.25) is 0 Å². The van der Waals surface area contributed by atoms with Crippen LogP contribution in [0.5, 0.6) is 0 Å². The summed E-state index contributed by atoms with van der Waals surface area (Å²) in [6.07, 6.45) is 2.08. The minimum absolute atomic E-state index is 0.0112. The minimum atomic E-state index is 0.0112. The molecule has 0 unspecified atom stereocenters. The van der Waals surface area contributed by atoms with Crippen LogP contribution in [0.15, 0.2) is 22.7 Å². The van der Waals surface area contributed by atoms with E-state index in [1.54, 1.807) is 0 Å². The van der Waals surface area contributed by atoms with Gasteiger partial charge in [-0.25, -0.2) is 0 Å². The highest BCUT2D eigenvalue weighted by Crippen LogP contribution is 2.17. The fraction of sp³-hybridized carbons (Fsp3) is 0.500. The average molecular weight is 312 g/mol. The van der Waals surface area contributed by atoms with E-state index in [1.165, 1.54) is 0 Å². The monoisotopic (exact) mass is 311 g/mol. The molecule has 0 aliphatic carbocycles. The predicted octanol–water partition coefficient (Wildman–Crippen LogP) is 2.91. The first kappa shape index (κ1) is 13.6. The van der Waals surface area contributed by atoms with Crippen molar-refractivity contribution < 1.29 is 9.53 Å². The first-order valence-electron chi connectivity index (χ1n) is 6.29. The third kappa shape index (κ3) is 3.56. The van der Waals surface area contributed by atoms with Gasteiger partial charge in [-0.15, -0.1) is 0 Å². The summed E-state index contributed by atoms with van der Waals surface area (Å²) in [6.45, 7) is 4.37. The number of hydrogen-bond donors (Lipinski definition) is 1. The predicted molar refractivity (Wildman–Crippen MR) is 74.8 cm³/mol. The van der Waals surface area contributed by atoms with E-state index in [1.807, 2.05) is 25.1 Å². The molecular formula is C14H18BrNO2. The van der Waals surface area contributed by atoms with E-state index in [9.17, 15) is 4.79 Å². The molecule has 1 aromatic carbocycles. The maximum absolute atomic E-state index is 12.0. The molecule has 0 bridgehead atoms. The maximum Gasteiger partial charge on any atom is 0.251 e. The number of carbonyl (C=O) groups is 1. The molecule has 4 heteroatoms. The molecule has 1 aliphatic heterocycles. The number of rotatable bonds is 3. The molecule has 0 radical (unpaired) electrons. The molecule has 1 fully saturated rings. The first-order valence-corrected chi connectivity index (χ1v) is 7.08. The Labute approximate surface area is 116 Å². The molecule has 0 spiro atoms. The van der Waals surface area contributed by atoms with Crippen LogP contribution in [0.4, 0.5) is 0 Å². The summed E-state index contributed by atoms with van der Waals surface area (Å²) in [5, 5.41) is 3.01. The highest BCUT2D eigenvalue weighted by molar-refractivity contribution is 9.10. The van der Waals surface area contributed by atoms with E-state index in [0.29, 0.717) is 5.92 Å². The van der Waals surface area contributed by atoms with E-state index in [0.717, 1.165) is 48.2 Å². The Hall–Kier alpha value is -0.870. The van der Waals surface area contributed by atoms with Gasteiger partial charge >= 0.3 is 0 Å². The molecule has 1 aromatic rings. The number of amides is 1. The SMILES string of the molecule is Cc1cc(C(=O)NCC2CCOCC2)ccc1Br. The van der Waals surface area contributed by atoms with Crippen molar-refractivity contribution in [1.29, 1.82) is 0 Å². The Kier molecular flexibility index (Phi) is 4.78. The molecule has 1 amide bonds. The molecule has 1 saturated heterocycles. The van der Waals surface area contributed by atoms with Crippen molar-refractivity contribution in [3.63, 3.8) is 0 Å². The zero-order valence-corrected chi connectivity index (χ0v) is 12.1. The van der Waals surface area contributed by atoms with Crippen LogP contribution < -0.4 is 5.32 Å². The van der Waals surface area contributed by atoms with Gasteiger partial charge in [0, 0.05) is 29.8 Å². The third-order valence-electron chi connectivity index (χ3n) is 3.31. The lowest BCUT2D eigenvalue weighted by molar-refractivity contribution is 0.0642. The van der Waals surface area contributed by atoms with Crippen LogP contribution >= 0.6 is 15.9 Å². The summed E-state index contributed by atoms with van der Waals surface area (Å²) in [5.74, 6) is 0.566. The van der Waals surface area contributed by atoms with Crippen molar-refractivity contribution in [2.45, 2.75) is 19.8 Å². The van der Waals surface area contributed by atoms with Crippen LogP contribution in [0.1, 0.15) is 28.8 Å². The van der Waals surface area contributed by atoms with Crippen molar-refractivity contribution in [2.24, 2.45) is 5.92 Å². The van der Waals surface area contributed by atoms with E-state index in [-0.39, 0.29) is 5.91 Å². The zero-order valence-electron chi connectivity index (χ0n) is 10.5. The number of nitrogens with one attached hydrogen (secondary N) is 1. The third-order valence-corrected chi connectivity index (χ3v) is 4.20. The summed E-state index contributed by atoms with van der Waals surface area (Å²) < 4.78 is 6.33. The Morgan fingerprint density at radius 3 is 2.83 bits per heavy atom. The highest BCUT2D eigenvalue weighted by atomic mass is 79.9. The van der Waals surface area contributed by atoms with E-state index in [2.05, 4.69) is 21.2 Å². The van der Waals surface area contributed by atoms with Crippen molar-refractivity contribution in [3.8, 4) is 0 Å². The minimum Gasteiger partial charge on any atom is -0.381 e. The largest absolute Gasteiger partial charge is 0.381 e. The Morgan fingerprint density at radius 1 is 1.44 bits per heavy atom. The smallest absolute Gasteiger partial charge is 0.251 e. The van der Waals surface area contributed by atoms with Crippen LogP contribution in [0, 0.1) is 12.8 Å². The van der Waals surface area contributed by atoms with Gasteiger partial charge in [-0.3, -0.25) is 4.79 Å². The Balaban J connectivity index is 1.88. The lowest BCUT2D eigenvalue weighted by atomic mass is 10.0. The summed E-state index contributed by atoms with van der Waals surface area (Å²) in [7, 11) is 0. The molecule has 0 saturated carbocycles. The molecule has 0 atom stereocenters. The topological polar surface area (TPSA) is 38.3 Å². The van der Waals surface area contributed by atoms with Crippen molar-refractivity contribution in [1.82, 2.24) is 5.32 Å². The van der Waals surface area contributed by atoms with E-state index < -0.39 is 0 Å². The summed E-state index contributed by atoms with van der Waals surface area (Å²) >= 11 is 3.43. The fourth-order valence-electron chi connectivity index (χ4n) is 2.08. The standard InChI is InChI=1S/C14H18BrNO2/c1-10-8-12(2-3-13(10)15)14(17)16-9-11-4-6-18-7-5-11/h2-3,8,11H,4-7,9H2,1H3,(H,16,17). The number of aryl methyl sites for hydroxylation is 1. The van der Waals surface area contributed by atoms with Crippen molar-refractivity contribution in [3.05, 3.63) is 33.8 Å². The van der Waals surface area contributed by atoms with Gasteiger partial charge < -0.3 is 10.1 Å². The first-order chi connectivity index (χ1) is 8.66. The second-order valence-electron chi connectivity index (χ2n) is 4.73. The van der Waals surface area contributed by atoms with Gasteiger partial charge in [0.15, 0.2) is 0 Å². The van der Waals surface area contributed by atoms with Crippen molar-refractivity contribution in [2.75, 3.05) is 19.8 Å². The number of hydrogen-bond acceptors (Lipinski definition) is 2. The van der Waals surface area contributed by atoms with Crippen molar-refractivity contribution >= 4 is 21.8 Å². The fourth-order valence-corrected chi connectivity index (χ4v) is 2.32. The quantitative estimate of drug-likeness (QED) is 0.932. The Morgan fingerprint density at radius 2 is 2.17 bits per heavy atom. The molecular weight excluding hydrogens is 294 g/mol. The normalized spacial score (nSPS) is 16.6. The van der Waals surface area contributed by atoms with Crippen LogP contribution in [-0.4, -0.2) is 25.7 Å².